The zero-order valence-electron chi connectivity index (χ0n) is 12.8. The summed E-state index contributed by atoms with van der Waals surface area (Å²) >= 11 is 0. The summed E-state index contributed by atoms with van der Waals surface area (Å²) in [6, 6.07) is 9.54. The number of nitrogens with two attached hydrogens (primary N) is 1. The highest BCUT2D eigenvalue weighted by molar-refractivity contribution is 5.31. The van der Waals surface area contributed by atoms with Crippen molar-refractivity contribution in [2.24, 2.45) is 11.7 Å². The summed E-state index contributed by atoms with van der Waals surface area (Å²) in [6.07, 6.45) is 7.46. The highest BCUT2D eigenvalue weighted by Crippen LogP contribution is 2.40. The Balaban J connectivity index is 1.70. The molecule has 21 heavy (non-hydrogen) atoms. The Hall–Kier alpha value is -0.900. The van der Waals surface area contributed by atoms with Crippen LogP contribution in [0.5, 0.6) is 0 Å². The van der Waals surface area contributed by atoms with Crippen molar-refractivity contribution in [1.29, 1.82) is 0 Å². The Morgan fingerprint density at radius 1 is 1.19 bits per heavy atom. The molecule has 116 valence electrons. The molecule has 1 aromatic carbocycles. The van der Waals surface area contributed by atoms with Gasteiger partial charge in [0.2, 0.25) is 0 Å². The summed E-state index contributed by atoms with van der Waals surface area (Å²) in [5, 5.41) is 13.3. The van der Waals surface area contributed by atoms with Gasteiger partial charge in [0.05, 0.1) is 0 Å². The third-order valence-electron chi connectivity index (χ3n) is 5.16. The fourth-order valence-corrected chi connectivity index (χ4v) is 3.65. The van der Waals surface area contributed by atoms with E-state index in [1.165, 1.54) is 36.8 Å². The molecule has 0 radical (unpaired) electrons. The standard InChI is InChI=1S/C18H28N2O/c19-11-18(20-17-7-2-1-4-16(17)12-21)15-6-3-5-14(10-15)13-8-9-13/h3,5-6,10,13,16-18,20-21H,1-2,4,7-9,11-12,19H2. The van der Waals surface area contributed by atoms with E-state index in [0.29, 0.717) is 18.5 Å². The van der Waals surface area contributed by atoms with E-state index in [4.69, 9.17) is 5.73 Å². The van der Waals surface area contributed by atoms with E-state index in [1.807, 2.05) is 0 Å². The van der Waals surface area contributed by atoms with Gasteiger partial charge >= 0.3 is 0 Å². The van der Waals surface area contributed by atoms with Crippen molar-refractivity contribution < 1.29 is 5.11 Å². The van der Waals surface area contributed by atoms with E-state index < -0.39 is 0 Å². The number of hydrogen-bond donors (Lipinski definition) is 3. The highest BCUT2D eigenvalue weighted by atomic mass is 16.3. The van der Waals surface area contributed by atoms with Crippen LogP contribution in [-0.4, -0.2) is 24.3 Å². The first kappa shape index (κ1) is 15.0. The maximum atomic E-state index is 9.57. The van der Waals surface area contributed by atoms with Crippen LogP contribution >= 0.6 is 0 Å². The molecule has 3 heteroatoms. The molecule has 3 rings (SSSR count). The Labute approximate surface area is 127 Å². The molecule has 0 bridgehead atoms. The molecule has 0 aromatic heterocycles. The van der Waals surface area contributed by atoms with Crippen molar-refractivity contribution in [3.05, 3.63) is 35.4 Å². The van der Waals surface area contributed by atoms with Gasteiger partial charge in [0, 0.05) is 25.2 Å². The van der Waals surface area contributed by atoms with Crippen LogP contribution in [-0.2, 0) is 0 Å². The van der Waals surface area contributed by atoms with Crippen LogP contribution in [0.25, 0.3) is 0 Å². The molecular weight excluding hydrogens is 260 g/mol. The Morgan fingerprint density at radius 3 is 2.71 bits per heavy atom. The first-order valence-corrected chi connectivity index (χ1v) is 8.48. The molecule has 3 atom stereocenters. The number of aliphatic hydroxyl groups is 1. The number of rotatable bonds is 6. The second-order valence-electron chi connectivity index (χ2n) is 6.73. The molecule has 3 unspecified atom stereocenters. The monoisotopic (exact) mass is 288 g/mol. The van der Waals surface area contributed by atoms with E-state index in [0.717, 1.165) is 18.8 Å². The van der Waals surface area contributed by atoms with Gasteiger partial charge in [-0.3, -0.25) is 0 Å². The molecule has 2 aliphatic carbocycles. The Kier molecular flexibility index (Phi) is 4.94. The van der Waals surface area contributed by atoms with Gasteiger partial charge < -0.3 is 16.2 Å². The van der Waals surface area contributed by atoms with Gasteiger partial charge in [-0.15, -0.1) is 0 Å². The largest absolute Gasteiger partial charge is 0.396 e. The van der Waals surface area contributed by atoms with Crippen molar-refractivity contribution >= 4 is 0 Å². The second kappa shape index (κ2) is 6.91. The quantitative estimate of drug-likeness (QED) is 0.754. The number of aliphatic hydroxyl groups excluding tert-OH is 1. The predicted molar refractivity (Wildman–Crippen MR) is 86.2 cm³/mol. The minimum Gasteiger partial charge on any atom is -0.396 e. The summed E-state index contributed by atoms with van der Waals surface area (Å²) in [5.74, 6) is 1.17. The average Bonchev–Trinajstić information content (AvgIpc) is 3.38. The topological polar surface area (TPSA) is 58.3 Å². The fraction of sp³-hybridized carbons (Fsp3) is 0.667. The van der Waals surface area contributed by atoms with Crippen LogP contribution in [0, 0.1) is 5.92 Å². The van der Waals surface area contributed by atoms with Crippen LogP contribution < -0.4 is 11.1 Å². The van der Waals surface area contributed by atoms with Gasteiger partial charge in [-0.25, -0.2) is 0 Å². The molecule has 1 aromatic rings. The molecule has 0 aliphatic heterocycles. The molecule has 2 saturated carbocycles. The lowest BCUT2D eigenvalue weighted by atomic mass is 9.84. The van der Waals surface area contributed by atoms with Gasteiger partial charge in [0.15, 0.2) is 0 Å². The molecular formula is C18H28N2O. The number of hydrogen-bond acceptors (Lipinski definition) is 3. The van der Waals surface area contributed by atoms with E-state index in [2.05, 4.69) is 29.6 Å². The second-order valence-corrected chi connectivity index (χ2v) is 6.73. The zero-order valence-corrected chi connectivity index (χ0v) is 12.8. The summed E-state index contributed by atoms with van der Waals surface area (Å²) in [6.45, 7) is 0.903. The lowest BCUT2D eigenvalue weighted by Gasteiger charge is -2.34. The van der Waals surface area contributed by atoms with Crippen molar-refractivity contribution in [2.45, 2.75) is 56.5 Å². The number of benzene rings is 1. The lowest BCUT2D eigenvalue weighted by Crippen LogP contribution is -2.44. The first-order valence-electron chi connectivity index (χ1n) is 8.48. The molecule has 0 spiro atoms. The first-order chi connectivity index (χ1) is 10.3. The molecule has 0 amide bonds. The molecule has 0 saturated heterocycles. The van der Waals surface area contributed by atoms with Crippen LogP contribution in [0.15, 0.2) is 24.3 Å². The fourth-order valence-electron chi connectivity index (χ4n) is 3.65. The molecule has 2 aliphatic rings. The molecule has 0 heterocycles. The Morgan fingerprint density at radius 2 is 2.00 bits per heavy atom. The van der Waals surface area contributed by atoms with Gasteiger partial charge in [-0.2, -0.15) is 0 Å². The summed E-state index contributed by atoms with van der Waals surface area (Å²) in [7, 11) is 0. The third kappa shape index (κ3) is 3.65. The van der Waals surface area contributed by atoms with E-state index in [1.54, 1.807) is 0 Å². The van der Waals surface area contributed by atoms with Crippen molar-refractivity contribution in [2.75, 3.05) is 13.2 Å². The average molecular weight is 288 g/mol. The van der Waals surface area contributed by atoms with Crippen LogP contribution in [0.1, 0.15) is 61.6 Å². The maximum Gasteiger partial charge on any atom is 0.0474 e. The highest BCUT2D eigenvalue weighted by Gasteiger charge is 2.28. The number of nitrogens with one attached hydrogen (secondary N) is 1. The van der Waals surface area contributed by atoms with Gasteiger partial charge in [0.25, 0.3) is 0 Å². The Bertz CT molecular complexity index is 458. The lowest BCUT2D eigenvalue weighted by molar-refractivity contribution is 0.146. The van der Waals surface area contributed by atoms with Crippen molar-refractivity contribution in [1.82, 2.24) is 5.32 Å². The van der Waals surface area contributed by atoms with Crippen LogP contribution in [0.4, 0.5) is 0 Å². The third-order valence-corrected chi connectivity index (χ3v) is 5.16. The summed E-state index contributed by atoms with van der Waals surface area (Å²) < 4.78 is 0. The normalized spacial score (nSPS) is 27.5. The molecule has 4 N–H and O–H groups in total. The smallest absolute Gasteiger partial charge is 0.0474 e. The minimum atomic E-state index is 0.209. The van der Waals surface area contributed by atoms with Gasteiger partial charge in [0.1, 0.15) is 0 Å². The zero-order chi connectivity index (χ0) is 14.7. The summed E-state index contributed by atoms with van der Waals surface area (Å²) in [5.41, 5.74) is 8.80. The predicted octanol–water partition coefficient (Wildman–Crippen LogP) is 2.70. The maximum absolute atomic E-state index is 9.57. The minimum absolute atomic E-state index is 0.209. The van der Waals surface area contributed by atoms with E-state index in [-0.39, 0.29) is 12.6 Å². The van der Waals surface area contributed by atoms with Crippen molar-refractivity contribution in [3.8, 4) is 0 Å². The van der Waals surface area contributed by atoms with E-state index in [9.17, 15) is 5.11 Å². The van der Waals surface area contributed by atoms with E-state index >= 15 is 0 Å². The molecule has 2 fully saturated rings. The SMILES string of the molecule is NCC(NC1CCCCC1CO)c1cccc(C2CC2)c1. The molecule has 3 nitrogen and oxygen atoms in total. The van der Waals surface area contributed by atoms with Gasteiger partial charge in [-0.05, 0) is 48.6 Å². The van der Waals surface area contributed by atoms with Crippen molar-refractivity contribution in [3.63, 3.8) is 0 Å². The van der Waals surface area contributed by atoms with Gasteiger partial charge in [-0.1, -0.05) is 37.1 Å². The van der Waals surface area contributed by atoms with Crippen LogP contribution in [0.2, 0.25) is 0 Å². The summed E-state index contributed by atoms with van der Waals surface area (Å²) in [4.78, 5) is 0. The van der Waals surface area contributed by atoms with Crippen LogP contribution in [0.3, 0.4) is 0 Å².